The average molecular weight is 581 g/mol. The second-order valence-corrected chi connectivity index (χ2v) is 8.90. The second kappa shape index (κ2) is 12.9. The topological polar surface area (TPSA) is 126 Å². The highest BCUT2D eigenvalue weighted by Crippen LogP contribution is 2.33. The van der Waals surface area contributed by atoms with Crippen molar-refractivity contribution in [2.24, 2.45) is 11.0 Å². The zero-order valence-electron chi connectivity index (χ0n) is 19.4. The maximum absolute atomic E-state index is 12.7. The van der Waals surface area contributed by atoms with Crippen LogP contribution in [0.1, 0.15) is 42.3 Å². The Morgan fingerprint density at radius 2 is 1.82 bits per heavy atom. The number of hydrogen-bond acceptors (Lipinski definition) is 6. The average Bonchev–Trinajstić information content (AvgIpc) is 2.77. The Bertz CT molecular complexity index is 1050. The molecule has 182 valence electrons. The van der Waals surface area contributed by atoms with Crippen LogP contribution in [0, 0.1) is 16.4 Å². The number of carbonyl (C=O) groups is 3. The van der Waals surface area contributed by atoms with Crippen LogP contribution < -0.4 is 20.2 Å². The van der Waals surface area contributed by atoms with Gasteiger partial charge in [0.1, 0.15) is 6.04 Å². The molecule has 0 aliphatic carbocycles. The van der Waals surface area contributed by atoms with Gasteiger partial charge < -0.3 is 19.9 Å². The summed E-state index contributed by atoms with van der Waals surface area (Å²) < 4.78 is 11.5. The van der Waals surface area contributed by atoms with Crippen molar-refractivity contribution in [2.45, 2.75) is 33.7 Å². The molecule has 0 aliphatic heterocycles. The summed E-state index contributed by atoms with van der Waals surface area (Å²) in [5.41, 5.74) is 4.58. The molecule has 2 aromatic rings. The molecule has 0 heterocycles. The lowest BCUT2D eigenvalue weighted by atomic mass is 10.0. The molecule has 0 saturated carbocycles. The van der Waals surface area contributed by atoms with Crippen molar-refractivity contribution in [3.05, 3.63) is 56.7 Å². The molecule has 0 fully saturated rings. The van der Waals surface area contributed by atoms with Gasteiger partial charge in [0.2, 0.25) is 0 Å². The third-order valence-electron chi connectivity index (χ3n) is 4.61. The van der Waals surface area contributed by atoms with Crippen LogP contribution in [0.15, 0.2) is 41.5 Å². The molecule has 2 aromatic carbocycles. The summed E-state index contributed by atoms with van der Waals surface area (Å²) >= 11 is 2.01. The molecule has 9 nitrogen and oxygen atoms in total. The number of carboxylic acid groups (broad SMARTS) is 1. The fourth-order valence-corrected chi connectivity index (χ4v) is 3.68. The minimum Gasteiger partial charge on any atom is -0.490 e. The SMILES string of the molecule is CCOc1cc(C=NNC(=O)C(NC(=O)c2ccc(C)cc2)C(C)C)cc(I)c1OCC(=O)O. The summed E-state index contributed by atoms with van der Waals surface area (Å²) in [5.74, 6) is -1.36. The van der Waals surface area contributed by atoms with Gasteiger partial charge in [0.05, 0.1) is 16.4 Å². The zero-order valence-corrected chi connectivity index (χ0v) is 21.6. The first-order valence-electron chi connectivity index (χ1n) is 10.6. The van der Waals surface area contributed by atoms with Crippen molar-refractivity contribution >= 4 is 46.6 Å². The van der Waals surface area contributed by atoms with E-state index in [1.165, 1.54) is 6.21 Å². The molecule has 0 radical (unpaired) electrons. The van der Waals surface area contributed by atoms with E-state index in [-0.39, 0.29) is 11.8 Å². The van der Waals surface area contributed by atoms with E-state index in [1.807, 2.05) is 55.5 Å². The fourth-order valence-electron chi connectivity index (χ4n) is 2.90. The number of carbonyl (C=O) groups excluding carboxylic acids is 2. The zero-order chi connectivity index (χ0) is 25.3. The van der Waals surface area contributed by atoms with Gasteiger partial charge in [0.25, 0.3) is 11.8 Å². The van der Waals surface area contributed by atoms with Crippen LogP contribution in [0.5, 0.6) is 11.5 Å². The fraction of sp³-hybridized carbons (Fsp3) is 0.333. The molecule has 34 heavy (non-hydrogen) atoms. The largest absolute Gasteiger partial charge is 0.490 e. The predicted molar refractivity (Wildman–Crippen MR) is 136 cm³/mol. The summed E-state index contributed by atoms with van der Waals surface area (Å²) in [4.78, 5) is 36.1. The van der Waals surface area contributed by atoms with Gasteiger partial charge in [-0.1, -0.05) is 31.5 Å². The summed E-state index contributed by atoms with van der Waals surface area (Å²) in [6.45, 7) is 7.24. The van der Waals surface area contributed by atoms with E-state index in [9.17, 15) is 14.4 Å². The van der Waals surface area contributed by atoms with Crippen LogP contribution >= 0.6 is 22.6 Å². The smallest absolute Gasteiger partial charge is 0.341 e. The standard InChI is InChI=1S/C24H28IN3O6/c1-5-33-19-11-16(10-18(25)22(19)34-13-20(29)30)12-26-28-24(32)21(14(2)3)27-23(31)17-8-6-15(4)7-9-17/h6-12,14,21H,5,13H2,1-4H3,(H,27,31)(H,28,32)(H,29,30). The third kappa shape index (κ3) is 8.01. The summed E-state index contributed by atoms with van der Waals surface area (Å²) in [7, 11) is 0. The minimum absolute atomic E-state index is 0.166. The Hall–Kier alpha value is -3.15. The number of rotatable bonds is 11. The quantitative estimate of drug-likeness (QED) is 0.212. The van der Waals surface area contributed by atoms with Gasteiger partial charge in [-0.3, -0.25) is 9.59 Å². The number of ether oxygens (including phenoxy) is 2. The van der Waals surface area contributed by atoms with Crippen molar-refractivity contribution < 1.29 is 29.0 Å². The van der Waals surface area contributed by atoms with E-state index < -0.39 is 24.5 Å². The number of aryl methyl sites for hydroxylation is 1. The molecule has 0 spiro atoms. The monoisotopic (exact) mass is 581 g/mol. The maximum Gasteiger partial charge on any atom is 0.341 e. The van der Waals surface area contributed by atoms with E-state index in [1.54, 1.807) is 31.2 Å². The number of halogens is 1. The van der Waals surface area contributed by atoms with Crippen molar-refractivity contribution in [1.82, 2.24) is 10.7 Å². The molecular weight excluding hydrogens is 553 g/mol. The maximum atomic E-state index is 12.7. The van der Waals surface area contributed by atoms with E-state index >= 15 is 0 Å². The Labute approximate surface area is 212 Å². The molecular formula is C24H28IN3O6. The molecule has 3 N–H and O–H groups in total. The van der Waals surface area contributed by atoms with Gasteiger partial charge in [0.15, 0.2) is 18.1 Å². The Kier molecular flexibility index (Phi) is 10.3. The molecule has 1 unspecified atom stereocenters. The molecule has 0 saturated heterocycles. The van der Waals surface area contributed by atoms with Gasteiger partial charge in [-0.15, -0.1) is 0 Å². The first-order valence-corrected chi connectivity index (χ1v) is 11.7. The number of aliphatic carboxylic acids is 1. The third-order valence-corrected chi connectivity index (χ3v) is 5.41. The number of hydrazone groups is 1. The molecule has 2 rings (SSSR count). The van der Waals surface area contributed by atoms with Crippen LogP contribution in [-0.2, 0) is 9.59 Å². The Morgan fingerprint density at radius 1 is 1.15 bits per heavy atom. The van der Waals surface area contributed by atoms with Crippen LogP contribution in [0.4, 0.5) is 0 Å². The lowest BCUT2D eigenvalue weighted by Crippen LogP contribution is -2.48. The van der Waals surface area contributed by atoms with Crippen LogP contribution in [0.2, 0.25) is 0 Å². The van der Waals surface area contributed by atoms with Crippen LogP contribution in [0.25, 0.3) is 0 Å². The molecule has 1 atom stereocenters. The van der Waals surface area contributed by atoms with Crippen molar-refractivity contribution in [2.75, 3.05) is 13.2 Å². The highest BCUT2D eigenvalue weighted by molar-refractivity contribution is 14.1. The van der Waals surface area contributed by atoms with E-state index in [4.69, 9.17) is 14.6 Å². The van der Waals surface area contributed by atoms with Gasteiger partial charge in [-0.25, -0.2) is 10.2 Å². The van der Waals surface area contributed by atoms with E-state index in [0.717, 1.165) is 5.56 Å². The molecule has 0 bridgehead atoms. The highest BCUT2D eigenvalue weighted by atomic mass is 127. The number of nitrogens with one attached hydrogen (secondary N) is 2. The van der Waals surface area contributed by atoms with Crippen molar-refractivity contribution in [1.29, 1.82) is 0 Å². The van der Waals surface area contributed by atoms with E-state index in [2.05, 4.69) is 15.8 Å². The van der Waals surface area contributed by atoms with Gasteiger partial charge >= 0.3 is 5.97 Å². The minimum atomic E-state index is -1.10. The predicted octanol–water partition coefficient (Wildman–Crippen LogP) is 3.37. The number of carboxylic acids is 1. The molecule has 0 aromatic heterocycles. The molecule has 2 amide bonds. The number of amides is 2. The Balaban J connectivity index is 2.10. The number of nitrogens with zero attached hydrogens (tertiary/aromatic N) is 1. The number of benzene rings is 2. The van der Waals surface area contributed by atoms with Gasteiger partial charge in [-0.05, 0) is 72.2 Å². The van der Waals surface area contributed by atoms with Crippen LogP contribution in [0.3, 0.4) is 0 Å². The highest BCUT2D eigenvalue weighted by Gasteiger charge is 2.24. The summed E-state index contributed by atoms with van der Waals surface area (Å²) in [5, 5.41) is 15.6. The lowest BCUT2D eigenvalue weighted by molar-refractivity contribution is -0.139. The van der Waals surface area contributed by atoms with Gasteiger partial charge in [0, 0.05) is 5.56 Å². The van der Waals surface area contributed by atoms with Crippen molar-refractivity contribution in [3.8, 4) is 11.5 Å². The molecule has 0 aliphatic rings. The normalized spacial score (nSPS) is 11.8. The summed E-state index contributed by atoms with van der Waals surface area (Å²) in [6.07, 6.45) is 1.43. The lowest BCUT2D eigenvalue weighted by Gasteiger charge is -2.20. The van der Waals surface area contributed by atoms with E-state index in [0.29, 0.717) is 32.8 Å². The first kappa shape index (κ1) is 27.1. The van der Waals surface area contributed by atoms with Crippen molar-refractivity contribution in [3.63, 3.8) is 0 Å². The number of hydrogen-bond donors (Lipinski definition) is 3. The molecule has 10 heteroatoms. The Morgan fingerprint density at radius 3 is 2.41 bits per heavy atom. The first-order chi connectivity index (χ1) is 16.1. The van der Waals surface area contributed by atoms with Crippen LogP contribution in [-0.4, -0.2) is 48.4 Å². The van der Waals surface area contributed by atoms with Gasteiger partial charge in [-0.2, -0.15) is 5.10 Å². The summed E-state index contributed by atoms with van der Waals surface area (Å²) in [6, 6.07) is 9.65. The second-order valence-electron chi connectivity index (χ2n) is 7.74.